The first kappa shape index (κ1) is 16.9. The standard InChI is InChI=1S/C14H21ClN2O3/c15-13-5-2-1-4-11(13)9-20-10-12(18)8-17-7-3-6-14(16)19/h1-2,4-5,12,17-18H,3,6-10H2,(H2,16,19). The molecule has 6 heteroatoms. The normalized spacial score (nSPS) is 12.3. The van der Waals surface area contributed by atoms with Crippen molar-refractivity contribution in [3.63, 3.8) is 0 Å². The molecule has 0 aliphatic rings. The third kappa shape index (κ3) is 7.45. The molecule has 1 aromatic carbocycles. The van der Waals surface area contributed by atoms with Gasteiger partial charge in [0.15, 0.2) is 0 Å². The van der Waals surface area contributed by atoms with Gasteiger partial charge in [0.05, 0.1) is 19.3 Å². The van der Waals surface area contributed by atoms with E-state index in [1.54, 1.807) is 6.07 Å². The minimum absolute atomic E-state index is 0.230. The first-order valence-electron chi connectivity index (χ1n) is 6.58. The predicted molar refractivity (Wildman–Crippen MR) is 78.4 cm³/mol. The topological polar surface area (TPSA) is 84.6 Å². The molecule has 0 aromatic heterocycles. The predicted octanol–water partition coefficient (Wildman–Crippen LogP) is 1.07. The second kappa shape index (κ2) is 9.72. The monoisotopic (exact) mass is 300 g/mol. The molecule has 0 aliphatic carbocycles. The number of halogens is 1. The van der Waals surface area contributed by atoms with E-state index in [-0.39, 0.29) is 12.5 Å². The van der Waals surface area contributed by atoms with Crippen LogP contribution in [0, 0.1) is 0 Å². The van der Waals surface area contributed by atoms with E-state index in [4.69, 9.17) is 22.1 Å². The Morgan fingerprint density at radius 3 is 2.90 bits per heavy atom. The molecule has 0 bridgehead atoms. The maximum absolute atomic E-state index is 10.5. The number of rotatable bonds is 10. The third-order valence-electron chi connectivity index (χ3n) is 2.68. The van der Waals surface area contributed by atoms with Gasteiger partial charge in [0.25, 0.3) is 0 Å². The highest BCUT2D eigenvalue weighted by atomic mass is 35.5. The van der Waals surface area contributed by atoms with Crippen molar-refractivity contribution in [1.29, 1.82) is 0 Å². The Kier molecular flexibility index (Phi) is 8.22. The zero-order valence-corrected chi connectivity index (χ0v) is 12.1. The number of carbonyl (C=O) groups excluding carboxylic acids is 1. The lowest BCUT2D eigenvalue weighted by Crippen LogP contribution is -2.31. The van der Waals surface area contributed by atoms with Crippen molar-refractivity contribution in [3.05, 3.63) is 34.9 Å². The van der Waals surface area contributed by atoms with Crippen LogP contribution in [0.2, 0.25) is 5.02 Å². The molecule has 0 saturated heterocycles. The number of ether oxygens (including phenoxy) is 1. The van der Waals surface area contributed by atoms with Gasteiger partial charge in [0, 0.05) is 18.0 Å². The molecule has 1 unspecified atom stereocenters. The number of nitrogens with two attached hydrogens (primary N) is 1. The molecule has 0 radical (unpaired) electrons. The number of nitrogens with one attached hydrogen (secondary N) is 1. The molecular weight excluding hydrogens is 280 g/mol. The molecule has 112 valence electrons. The number of primary amides is 1. The van der Waals surface area contributed by atoms with Crippen LogP contribution in [0.5, 0.6) is 0 Å². The highest BCUT2D eigenvalue weighted by molar-refractivity contribution is 6.31. The second-order valence-corrected chi connectivity index (χ2v) is 4.94. The fourth-order valence-corrected chi connectivity index (χ4v) is 1.83. The van der Waals surface area contributed by atoms with Crippen molar-refractivity contribution in [1.82, 2.24) is 5.32 Å². The minimum Gasteiger partial charge on any atom is -0.389 e. The van der Waals surface area contributed by atoms with Crippen molar-refractivity contribution in [2.24, 2.45) is 5.73 Å². The van der Waals surface area contributed by atoms with Crippen molar-refractivity contribution in [2.45, 2.75) is 25.6 Å². The van der Waals surface area contributed by atoms with Crippen LogP contribution in [-0.4, -0.2) is 36.8 Å². The first-order chi connectivity index (χ1) is 9.59. The van der Waals surface area contributed by atoms with Crippen LogP contribution in [-0.2, 0) is 16.1 Å². The second-order valence-electron chi connectivity index (χ2n) is 4.53. The maximum Gasteiger partial charge on any atom is 0.217 e. The van der Waals surface area contributed by atoms with E-state index in [9.17, 15) is 9.90 Å². The van der Waals surface area contributed by atoms with Gasteiger partial charge in [-0.3, -0.25) is 4.79 Å². The van der Waals surface area contributed by atoms with Crippen LogP contribution in [0.4, 0.5) is 0 Å². The molecule has 4 N–H and O–H groups in total. The van der Waals surface area contributed by atoms with Gasteiger partial charge in [-0.2, -0.15) is 0 Å². The lowest BCUT2D eigenvalue weighted by molar-refractivity contribution is -0.118. The molecule has 1 aromatic rings. The molecule has 0 spiro atoms. The number of hydrogen-bond acceptors (Lipinski definition) is 4. The number of aliphatic hydroxyl groups excluding tert-OH is 1. The number of hydrogen-bond donors (Lipinski definition) is 3. The van der Waals surface area contributed by atoms with Crippen molar-refractivity contribution in [2.75, 3.05) is 19.7 Å². The summed E-state index contributed by atoms with van der Waals surface area (Å²) in [6.07, 6.45) is 0.431. The van der Waals surface area contributed by atoms with Gasteiger partial charge >= 0.3 is 0 Å². The number of aliphatic hydroxyl groups is 1. The average molecular weight is 301 g/mol. The summed E-state index contributed by atoms with van der Waals surface area (Å²) in [5.74, 6) is -0.310. The Bertz CT molecular complexity index is 415. The Hall–Kier alpha value is -1.14. The van der Waals surface area contributed by atoms with E-state index in [0.29, 0.717) is 37.6 Å². The lowest BCUT2D eigenvalue weighted by atomic mass is 10.2. The van der Waals surface area contributed by atoms with E-state index in [2.05, 4.69) is 5.32 Å². The largest absolute Gasteiger partial charge is 0.389 e. The molecule has 0 heterocycles. The SMILES string of the molecule is NC(=O)CCCNCC(O)COCc1ccccc1Cl. The summed E-state index contributed by atoms with van der Waals surface area (Å²) >= 11 is 5.99. The van der Waals surface area contributed by atoms with Crippen LogP contribution < -0.4 is 11.1 Å². The number of amides is 1. The van der Waals surface area contributed by atoms with Crippen LogP contribution in [0.3, 0.4) is 0 Å². The summed E-state index contributed by atoms with van der Waals surface area (Å²) in [7, 11) is 0. The average Bonchev–Trinajstić information content (AvgIpc) is 2.40. The Morgan fingerprint density at radius 2 is 2.20 bits per heavy atom. The highest BCUT2D eigenvalue weighted by Gasteiger charge is 2.05. The van der Waals surface area contributed by atoms with Crippen molar-refractivity contribution < 1.29 is 14.6 Å². The molecule has 0 aliphatic heterocycles. The van der Waals surface area contributed by atoms with E-state index < -0.39 is 6.10 Å². The smallest absolute Gasteiger partial charge is 0.217 e. The molecule has 0 saturated carbocycles. The zero-order valence-electron chi connectivity index (χ0n) is 11.3. The molecular formula is C14H21ClN2O3. The van der Waals surface area contributed by atoms with E-state index in [1.165, 1.54) is 0 Å². The van der Waals surface area contributed by atoms with Gasteiger partial charge < -0.3 is 20.9 Å². The van der Waals surface area contributed by atoms with Crippen molar-refractivity contribution in [3.8, 4) is 0 Å². The number of benzene rings is 1. The van der Waals surface area contributed by atoms with Gasteiger partial charge in [-0.1, -0.05) is 29.8 Å². The summed E-state index contributed by atoms with van der Waals surface area (Å²) in [6, 6.07) is 7.44. The van der Waals surface area contributed by atoms with Gasteiger partial charge in [-0.15, -0.1) is 0 Å². The summed E-state index contributed by atoms with van der Waals surface area (Å²) in [6.45, 7) is 1.66. The molecule has 1 rings (SSSR count). The Labute approximate surface area is 124 Å². The summed E-state index contributed by atoms with van der Waals surface area (Å²) in [4.78, 5) is 10.5. The van der Waals surface area contributed by atoms with Gasteiger partial charge in [0.1, 0.15) is 0 Å². The molecule has 0 fully saturated rings. The maximum atomic E-state index is 10.5. The van der Waals surface area contributed by atoms with E-state index in [0.717, 1.165) is 5.56 Å². The highest BCUT2D eigenvalue weighted by Crippen LogP contribution is 2.15. The molecule has 1 atom stereocenters. The van der Waals surface area contributed by atoms with Crippen LogP contribution in [0.25, 0.3) is 0 Å². The molecule has 5 nitrogen and oxygen atoms in total. The summed E-state index contributed by atoms with van der Waals surface area (Å²) in [5, 5.41) is 13.4. The Balaban J connectivity index is 2.07. The minimum atomic E-state index is -0.592. The fraction of sp³-hybridized carbons (Fsp3) is 0.500. The molecule has 1 amide bonds. The Morgan fingerprint density at radius 1 is 1.45 bits per heavy atom. The van der Waals surface area contributed by atoms with Crippen LogP contribution >= 0.6 is 11.6 Å². The van der Waals surface area contributed by atoms with Crippen molar-refractivity contribution >= 4 is 17.5 Å². The van der Waals surface area contributed by atoms with Gasteiger partial charge in [0.2, 0.25) is 5.91 Å². The van der Waals surface area contributed by atoms with E-state index in [1.807, 2.05) is 18.2 Å². The number of carbonyl (C=O) groups is 1. The third-order valence-corrected chi connectivity index (χ3v) is 3.05. The quantitative estimate of drug-likeness (QED) is 0.564. The van der Waals surface area contributed by atoms with Crippen LogP contribution in [0.15, 0.2) is 24.3 Å². The molecule has 20 heavy (non-hydrogen) atoms. The summed E-state index contributed by atoms with van der Waals surface area (Å²) in [5.41, 5.74) is 5.92. The van der Waals surface area contributed by atoms with Gasteiger partial charge in [-0.25, -0.2) is 0 Å². The van der Waals surface area contributed by atoms with E-state index >= 15 is 0 Å². The zero-order chi connectivity index (χ0) is 14.8. The van der Waals surface area contributed by atoms with Gasteiger partial charge in [-0.05, 0) is 24.6 Å². The first-order valence-corrected chi connectivity index (χ1v) is 6.95. The fourth-order valence-electron chi connectivity index (χ4n) is 1.64. The summed E-state index contributed by atoms with van der Waals surface area (Å²) < 4.78 is 5.41. The lowest BCUT2D eigenvalue weighted by Gasteiger charge is -2.12. The van der Waals surface area contributed by atoms with Crippen LogP contribution in [0.1, 0.15) is 18.4 Å².